The summed E-state index contributed by atoms with van der Waals surface area (Å²) >= 11 is 0. The number of benzene rings is 1. The van der Waals surface area contributed by atoms with Crippen LogP contribution in [0.4, 0.5) is 4.39 Å². The second kappa shape index (κ2) is 8.78. The van der Waals surface area contributed by atoms with Crippen molar-refractivity contribution in [2.45, 2.75) is 39.3 Å². The molecule has 0 aromatic heterocycles. The van der Waals surface area contributed by atoms with E-state index >= 15 is 0 Å². The summed E-state index contributed by atoms with van der Waals surface area (Å²) in [6.07, 6.45) is 1.92. The number of amides is 2. The predicted molar refractivity (Wildman–Crippen MR) is 90.8 cm³/mol. The zero-order chi connectivity index (χ0) is 17.5. The summed E-state index contributed by atoms with van der Waals surface area (Å²) in [5.74, 6) is -0.420. The Balaban J connectivity index is 1.98. The van der Waals surface area contributed by atoms with Gasteiger partial charge in [-0.2, -0.15) is 0 Å². The molecule has 0 aliphatic heterocycles. The standard InChI is InChI=1S/C18H26FN3O2/c1-3-20-17(23)12-21(4-2)13-18(24)22(15-9-10-15)11-14-7-5-6-8-16(14)19/h5-8,15H,3-4,9-13H2,1-2H3,(H,20,23). The van der Waals surface area contributed by atoms with E-state index in [4.69, 9.17) is 0 Å². The Bertz CT molecular complexity index is 575. The van der Waals surface area contributed by atoms with Crippen LogP contribution in [0.1, 0.15) is 32.3 Å². The summed E-state index contributed by atoms with van der Waals surface area (Å²) in [6.45, 7) is 5.64. The van der Waals surface area contributed by atoms with Crippen molar-refractivity contribution >= 4 is 11.8 Å². The minimum atomic E-state index is -0.286. The van der Waals surface area contributed by atoms with Gasteiger partial charge in [-0.05, 0) is 32.4 Å². The van der Waals surface area contributed by atoms with E-state index in [0.29, 0.717) is 18.7 Å². The molecule has 1 N–H and O–H groups in total. The zero-order valence-corrected chi connectivity index (χ0v) is 14.4. The largest absolute Gasteiger partial charge is 0.355 e. The number of halogens is 1. The van der Waals surface area contributed by atoms with E-state index < -0.39 is 0 Å². The lowest BCUT2D eigenvalue weighted by molar-refractivity contribution is -0.134. The second-order valence-electron chi connectivity index (χ2n) is 6.10. The summed E-state index contributed by atoms with van der Waals surface area (Å²) in [7, 11) is 0. The third-order valence-electron chi connectivity index (χ3n) is 4.15. The number of rotatable bonds is 9. The van der Waals surface area contributed by atoms with E-state index in [9.17, 15) is 14.0 Å². The average Bonchev–Trinajstić information content (AvgIpc) is 3.38. The summed E-state index contributed by atoms with van der Waals surface area (Å²) in [5.41, 5.74) is 0.532. The van der Waals surface area contributed by atoms with E-state index in [2.05, 4.69) is 5.32 Å². The Morgan fingerprint density at radius 3 is 2.50 bits per heavy atom. The maximum atomic E-state index is 13.9. The molecule has 0 radical (unpaired) electrons. The third kappa shape index (κ3) is 5.30. The topological polar surface area (TPSA) is 52.7 Å². The number of carbonyl (C=O) groups is 2. The minimum Gasteiger partial charge on any atom is -0.355 e. The van der Waals surface area contributed by atoms with Gasteiger partial charge >= 0.3 is 0 Å². The fourth-order valence-corrected chi connectivity index (χ4v) is 2.64. The van der Waals surface area contributed by atoms with Gasteiger partial charge in [-0.3, -0.25) is 14.5 Å². The molecule has 0 saturated heterocycles. The molecule has 132 valence electrons. The summed E-state index contributed by atoms with van der Waals surface area (Å²) < 4.78 is 13.9. The highest BCUT2D eigenvalue weighted by Gasteiger charge is 2.33. The van der Waals surface area contributed by atoms with E-state index in [-0.39, 0.29) is 43.3 Å². The van der Waals surface area contributed by atoms with Crippen LogP contribution in [-0.2, 0) is 16.1 Å². The molecule has 0 heterocycles. The van der Waals surface area contributed by atoms with Crippen LogP contribution in [0.3, 0.4) is 0 Å². The first-order valence-electron chi connectivity index (χ1n) is 8.57. The number of hydrogen-bond donors (Lipinski definition) is 1. The molecule has 1 aliphatic rings. The third-order valence-corrected chi connectivity index (χ3v) is 4.15. The van der Waals surface area contributed by atoms with Crippen molar-refractivity contribution < 1.29 is 14.0 Å². The molecule has 0 unspecified atom stereocenters. The first-order chi connectivity index (χ1) is 11.5. The zero-order valence-electron chi connectivity index (χ0n) is 14.4. The second-order valence-corrected chi connectivity index (χ2v) is 6.10. The Kier molecular flexibility index (Phi) is 6.73. The molecule has 0 bridgehead atoms. The Hall–Kier alpha value is -1.95. The van der Waals surface area contributed by atoms with Crippen molar-refractivity contribution in [3.8, 4) is 0 Å². The maximum Gasteiger partial charge on any atom is 0.237 e. The van der Waals surface area contributed by atoms with Gasteiger partial charge in [0.25, 0.3) is 0 Å². The van der Waals surface area contributed by atoms with Crippen molar-refractivity contribution in [3.05, 3.63) is 35.6 Å². The van der Waals surface area contributed by atoms with Crippen molar-refractivity contribution in [2.24, 2.45) is 0 Å². The quantitative estimate of drug-likeness (QED) is 0.748. The Labute approximate surface area is 142 Å². The van der Waals surface area contributed by atoms with Gasteiger partial charge in [0.15, 0.2) is 0 Å². The van der Waals surface area contributed by atoms with Crippen LogP contribution >= 0.6 is 0 Å². The van der Waals surface area contributed by atoms with Crippen molar-refractivity contribution in [3.63, 3.8) is 0 Å². The first-order valence-corrected chi connectivity index (χ1v) is 8.57. The van der Waals surface area contributed by atoms with Crippen LogP contribution in [0, 0.1) is 5.82 Å². The Morgan fingerprint density at radius 2 is 1.92 bits per heavy atom. The van der Waals surface area contributed by atoms with Gasteiger partial charge in [0.1, 0.15) is 5.82 Å². The molecule has 2 rings (SSSR count). The molecule has 6 heteroatoms. The lowest BCUT2D eigenvalue weighted by Gasteiger charge is -2.27. The number of carbonyl (C=O) groups excluding carboxylic acids is 2. The average molecular weight is 335 g/mol. The van der Waals surface area contributed by atoms with Crippen LogP contribution in [0.2, 0.25) is 0 Å². The van der Waals surface area contributed by atoms with Gasteiger partial charge in [0.2, 0.25) is 11.8 Å². The van der Waals surface area contributed by atoms with Crippen molar-refractivity contribution in [2.75, 3.05) is 26.2 Å². The monoisotopic (exact) mass is 335 g/mol. The van der Waals surface area contributed by atoms with E-state index in [1.54, 1.807) is 23.1 Å². The van der Waals surface area contributed by atoms with Crippen LogP contribution in [0.25, 0.3) is 0 Å². The normalized spacial score (nSPS) is 13.8. The summed E-state index contributed by atoms with van der Waals surface area (Å²) in [4.78, 5) is 28.0. The fourth-order valence-electron chi connectivity index (χ4n) is 2.64. The summed E-state index contributed by atoms with van der Waals surface area (Å²) in [6, 6.07) is 6.75. The first kappa shape index (κ1) is 18.4. The molecule has 1 aromatic carbocycles. The van der Waals surface area contributed by atoms with Gasteiger partial charge in [-0.15, -0.1) is 0 Å². The molecule has 0 spiro atoms. The number of nitrogens with zero attached hydrogens (tertiary/aromatic N) is 2. The van der Waals surface area contributed by atoms with Crippen LogP contribution in [0.15, 0.2) is 24.3 Å². The van der Waals surface area contributed by atoms with Crippen molar-refractivity contribution in [1.82, 2.24) is 15.1 Å². The molecule has 1 saturated carbocycles. The summed E-state index contributed by atoms with van der Waals surface area (Å²) in [5, 5.41) is 2.74. The molecule has 1 fully saturated rings. The van der Waals surface area contributed by atoms with E-state index in [1.807, 2.05) is 18.7 Å². The molecular weight excluding hydrogens is 309 g/mol. The van der Waals surface area contributed by atoms with Gasteiger partial charge in [0.05, 0.1) is 13.1 Å². The SMILES string of the molecule is CCNC(=O)CN(CC)CC(=O)N(Cc1ccccc1F)C1CC1. The lowest BCUT2D eigenvalue weighted by Crippen LogP contribution is -2.44. The molecule has 24 heavy (non-hydrogen) atoms. The molecule has 0 atom stereocenters. The fraction of sp³-hybridized carbons (Fsp3) is 0.556. The van der Waals surface area contributed by atoms with Gasteiger partial charge in [0, 0.05) is 24.7 Å². The van der Waals surface area contributed by atoms with Crippen LogP contribution in [0.5, 0.6) is 0 Å². The highest BCUT2D eigenvalue weighted by atomic mass is 19.1. The maximum absolute atomic E-state index is 13.9. The van der Waals surface area contributed by atoms with Gasteiger partial charge < -0.3 is 10.2 Å². The smallest absolute Gasteiger partial charge is 0.237 e. The highest BCUT2D eigenvalue weighted by molar-refractivity contribution is 5.81. The van der Waals surface area contributed by atoms with Crippen LogP contribution in [-0.4, -0.2) is 53.8 Å². The Morgan fingerprint density at radius 1 is 1.21 bits per heavy atom. The molecule has 5 nitrogen and oxygen atoms in total. The predicted octanol–water partition coefficient (Wildman–Crippen LogP) is 1.77. The van der Waals surface area contributed by atoms with Gasteiger partial charge in [-0.25, -0.2) is 4.39 Å². The molecule has 2 amide bonds. The van der Waals surface area contributed by atoms with Crippen molar-refractivity contribution in [1.29, 1.82) is 0 Å². The van der Waals surface area contributed by atoms with Gasteiger partial charge in [-0.1, -0.05) is 25.1 Å². The molecule has 1 aromatic rings. The number of hydrogen-bond acceptors (Lipinski definition) is 3. The highest BCUT2D eigenvalue weighted by Crippen LogP contribution is 2.29. The van der Waals surface area contributed by atoms with Crippen LogP contribution < -0.4 is 5.32 Å². The molecular formula is C18H26FN3O2. The van der Waals surface area contributed by atoms with E-state index in [1.165, 1.54) is 6.07 Å². The molecule has 1 aliphatic carbocycles. The number of nitrogens with one attached hydrogen (secondary N) is 1. The lowest BCUT2D eigenvalue weighted by atomic mass is 10.2. The number of likely N-dealkylation sites (N-methyl/N-ethyl adjacent to an activating group) is 2. The van der Waals surface area contributed by atoms with E-state index in [0.717, 1.165) is 12.8 Å². The minimum absolute atomic E-state index is 0.0492.